The van der Waals surface area contributed by atoms with E-state index in [9.17, 15) is 0 Å². The molecule has 1 aromatic carbocycles. The molecule has 0 bridgehead atoms. The molecule has 138 valence electrons. The number of nitrogens with zero attached hydrogens (tertiary/aromatic N) is 2. The van der Waals surface area contributed by atoms with Gasteiger partial charge in [0, 0.05) is 18.8 Å². The van der Waals surface area contributed by atoms with Crippen LogP contribution in [0.25, 0.3) is 0 Å². The second-order valence-corrected chi connectivity index (χ2v) is 6.38. The van der Waals surface area contributed by atoms with Crippen molar-refractivity contribution in [2.24, 2.45) is 5.92 Å². The molecule has 1 aromatic heterocycles. The van der Waals surface area contributed by atoms with Crippen molar-refractivity contribution in [3.63, 3.8) is 0 Å². The zero-order valence-corrected chi connectivity index (χ0v) is 16.0. The van der Waals surface area contributed by atoms with Gasteiger partial charge in [0.2, 0.25) is 5.75 Å². The maximum absolute atomic E-state index is 5.40. The highest BCUT2D eigenvalue weighted by molar-refractivity contribution is 5.53. The summed E-state index contributed by atoms with van der Waals surface area (Å²) in [7, 11) is 4.87. The third-order valence-corrected chi connectivity index (χ3v) is 4.13. The number of aromatic nitrogens is 2. The largest absolute Gasteiger partial charge is 0.493 e. The van der Waals surface area contributed by atoms with E-state index in [1.807, 2.05) is 19.1 Å². The Bertz CT molecular complexity index is 672. The molecule has 0 aliphatic rings. The molecule has 1 N–H and O–H groups in total. The van der Waals surface area contributed by atoms with Crippen molar-refractivity contribution in [3.05, 3.63) is 35.2 Å². The van der Waals surface area contributed by atoms with E-state index in [0.29, 0.717) is 23.2 Å². The van der Waals surface area contributed by atoms with Crippen LogP contribution in [0.4, 0.5) is 0 Å². The van der Waals surface area contributed by atoms with Gasteiger partial charge in [0.15, 0.2) is 11.5 Å². The van der Waals surface area contributed by atoms with Crippen LogP contribution >= 0.6 is 0 Å². The fraction of sp³-hybridized carbons (Fsp3) is 0.526. The van der Waals surface area contributed by atoms with E-state index in [-0.39, 0.29) is 0 Å². The molecular weight excluding hydrogens is 318 g/mol. The Morgan fingerprint density at radius 1 is 1.04 bits per heavy atom. The van der Waals surface area contributed by atoms with Gasteiger partial charge in [-0.3, -0.25) is 4.68 Å². The van der Waals surface area contributed by atoms with Gasteiger partial charge in [-0.2, -0.15) is 5.10 Å². The fourth-order valence-corrected chi connectivity index (χ4v) is 2.92. The number of rotatable bonds is 9. The monoisotopic (exact) mass is 347 g/mol. The van der Waals surface area contributed by atoms with Gasteiger partial charge in [0.25, 0.3) is 0 Å². The van der Waals surface area contributed by atoms with Crippen LogP contribution in [0.5, 0.6) is 17.2 Å². The predicted molar refractivity (Wildman–Crippen MR) is 98.7 cm³/mol. The molecule has 0 radical (unpaired) electrons. The third kappa shape index (κ3) is 4.89. The summed E-state index contributed by atoms with van der Waals surface area (Å²) in [5, 5.41) is 8.02. The minimum absolute atomic E-state index is 0.472. The first-order valence-electron chi connectivity index (χ1n) is 8.49. The Kier molecular flexibility index (Phi) is 6.70. The highest BCUT2D eigenvalue weighted by Crippen LogP contribution is 2.38. The summed E-state index contributed by atoms with van der Waals surface area (Å²) >= 11 is 0. The number of aryl methyl sites for hydroxylation is 2. The van der Waals surface area contributed by atoms with Crippen molar-refractivity contribution in [1.82, 2.24) is 15.1 Å². The van der Waals surface area contributed by atoms with E-state index in [0.717, 1.165) is 30.9 Å². The van der Waals surface area contributed by atoms with Gasteiger partial charge >= 0.3 is 0 Å². The highest BCUT2D eigenvalue weighted by atomic mass is 16.5. The van der Waals surface area contributed by atoms with Gasteiger partial charge in [0.05, 0.1) is 27.0 Å². The molecule has 0 aliphatic carbocycles. The molecule has 1 atom stereocenters. The van der Waals surface area contributed by atoms with Crippen LogP contribution in [0.3, 0.4) is 0 Å². The van der Waals surface area contributed by atoms with E-state index >= 15 is 0 Å². The average Bonchev–Trinajstić information content (AvgIpc) is 2.90. The summed E-state index contributed by atoms with van der Waals surface area (Å²) in [5.41, 5.74) is 3.36. The molecular formula is C19H29N3O3. The van der Waals surface area contributed by atoms with Crippen molar-refractivity contribution >= 4 is 0 Å². The number of ether oxygens (including phenoxy) is 3. The second kappa shape index (κ2) is 8.76. The minimum Gasteiger partial charge on any atom is -0.493 e. The Balaban J connectivity index is 1.93. The highest BCUT2D eigenvalue weighted by Gasteiger charge is 2.13. The number of hydrogen-bond acceptors (Lipinski definition) is 5. The molecule has 6 heteroatoms. The van der Waals surface area contributed by atoms with Crippen LogP contribution in [-0.4, -0.2) is 37.7 Å². The first-order valence-corrected chi connectivity index (χ1v) is 8.49. The van der Waals surface area contributed by atoms with E-state index < -0.39 is 0 Å². The molecule has 0 saturated carbocycles. The lowest BCUT2D eigenvalue weighted by Gasteiger charge is -2.16. The van der Waals surface area contributed by atoms with Crippen molar-refractivity contribution in [2.45, 2.75) is 33.9 Å². The van der Waals surface area contributed by atoms with E-state index in [2.05, 4.69) is 35.0 Å². The zero-order chi connectivity index (χ0) is 18.4. The van der Waals surface area contributed by atoms with Crippen LogP contribution in [0, 0.1) is 19.8 Å². The molecule has 0 spiro atoms. The zero-order valence-electron chi connectivity index (χ0n) is 16.0. The van der Waals surface area contributed by atoms with Gasteiger partial charge in [-0.15, -0.1) is 0 Å². The Labute approximate surface area is 150 Å². The number of benzene rings is 1. The maximum atomic E-state index is 5.40. The van der Waals surface area contributed by atoms with E-state index in [4.69, 9.17) is 14.2 Å². The minimum atomic E-state index is 0.472. The summed E-state index contributed by atoms with van der Waals surface area (Å²) in [6.45, 7) is 8.88. The molecule has 6 nitrogen and oxygen atoms in total. The van der Waals surface area contributed by atoms with Gasteiger partial charge in [0.1, 0.15) is 0 Å². The normalized spacial score (nSPS) is 12.1. The molecule has 0 unspecified atom stereocenters. The smallest absolute Gasteiger partial charge is 0.203 e. The van der Waals surface area contributed by atoms with Gasteiger partial charge in [-0.25, -0.2) is 0 Å². The first kappa shape index (κ1) is 19.1. The van der Waals surface area contributed by atoms with Crippen molar-refractivity contribution in [1.29, 1.82) is 0 Å². The summed E-state index contributed by atoms with van der Waals surface area (Å²) in [6.07, 6.45) is 0. The van der Waals surface area contributed by atoms with Crippen LogP contribution < -0.4 is 19.5 Å². The second-order valence-electron chi connectivity index (χ2n) is 6.38. The van der Waals surface area contributed by atoms with Crippen LogP contribution in [0.15, 0.2) is 18.2 Å². The molecule has 25 heavy (non-hydrogen) atoms. The average molecular weight is 347 g/mol. The quantitative estimate of drug-likeness (QED) is 0.756. The van der Waals surface area contributed by atoms with Gasteiger partial charge in [-0.05, 0) is 50.1 Å². The van der Waals surface area contributed by atoms with Crippen LogP contribution in [0.2, 0.25) is 0 Å². The lowest BCUT2D eigenvalue weighted by atomic mass is 10.1. The SMILES string of the molecule is COc1cc(CNC[C@@H](C)Cn2nc(C)cc2C)cc(OC)c1OC. The molecule has 0 saturated heterocycles. The Morgan fingerprint density at radius 2 is 1.68 bits per heavy atom. The van der Waals surface area contributed by atoms with Crippen LogP contribution in [0.1, 0.15) is 23.9 Å². The van der Waals surface area contributed by atoms with E-state index in [1.54, 1.807) is 21.3 Å². The summed E-state index contributed by atoms with van der Waals surface area (Å²) in [5.74, 6) is 2.44. The molecule has 0 fully saturated rings. The molecule has 2 rings (SSSR count). The summed E-state index contributed by atoms with van der Waals surface area (Å²) in [6, 6.07) is 6.05. The Hall–Kier alpha value is -2.21. The summed E-state index contributed by atoms with van der Waals surface area (Å²) in [4.78, 5) is 0. The third-order valence-electron chi connectivity index (χ3n) is 4.13. The lowest BCUT2D eigenvalue weighted by molar-refractivity contribution is 0.323. The number of hydrogen-bond donors (Lipinski definition) is 1. The standard InChI is InChI=1S/C19H29N3O3/c1-13(12-22-15(3)7-14(2)21-22)10-20-11-16-8-17(23-4)19(25-6)18(9-16)24-5/h7-9,13,20H,10-12H2,1-6H3/t13-/m1/s1. The first-order chi connectivity index (χ1) is 12.0. The molecule has 1 heterocycles. The lowest BCUT2D eigenvalue weighted by Crippen LogP contribution is -2.24. The van der Waals surface area contributed by atoms with Gasteiger partial charge < -0.3 is 19.5 Å². The Morgan fingerprint density at radius 3 is 2.16 bits per heavy atom. The fourth-order valence-electron chi connectivity index (χ4n) is 2.92. The van der Waals surface area contributed by atoms with Crippen LogP contribution in [-0.2, 0) is 13.1 Å². The topological polar surface area (TPSA) is 57.5 Å². The molecule has 2 aromatic rings. The number of methoxy groups -OCH3 is 3. The summed E-state index contributed by atoms with van der Waals surface area (Å²) < 4.78 is 18.2. The molecule has 0 aliphatic heterocycles. The van der Waals surface area contributed by atoms with Gasteiger partial charge in [-0.1, -0.05) is 6.92 Å². The number of nitrogens with one attached hydrogen (secondary N) is 1. The predicted octanol–water partition coefficient (Wildman–Crippen LogP) is 2.95. The molecule has 0 amide bonds. The van der Waals surface area contributed by atoms with Crippen molar-refractivity contribution in [3.8, 4) is 17.2 Å². The van der Waals surface area contributed by atoms with Crippen molar-refractivity contribution in [2.75, 3.05) is 27.9 Å². The van der Waals surface area contributed by atoms with E-state index in [1.165, 1.54) is 5.69 Å². The van der Waals surface area contributed by atoms with Crippen molar-refractivity contribution < 1.29 is 14.2 Å². The maximum Gasteiger partial charge on any atom is 0.203 e.